The molecule has 8 heteroatoms. The van der Waals surface area contributed by atoms with Crippen LogP contribution in [-0.4, -0.2) is 69.8 Å². The Hall–Kier alpha value is -2.35. The van der Waals surface area contributed by atoms with Crippen LogP contribution in [-0.2, 0) is 9.53 Å². The molecule has 1 aromatic rings. The zero-order valence-electron chi connectivity index (χ0n) is 13.6. The number of cyclic esters (lactones) is 1. The molecule has 1 N–H and O–H groups in total. The van der Waals surface area contributed by atoms with E-state index in [0.29, 0.717) is 50.6 Å². The van der Waals surface area contributed by atoms with E-state index < -0.39 is 6.09 Å². The molecule has 2 fully saturated rings. The summed E-state index contributed by atoms with van der Waals surface area (Å²) in [5.41, 5.74) is 0.981. The number of halogens is 1. The lowest BCUT2D eigenvalue weighted by Crippen LogP contribution is -2.46. The van der Waals surface area contributed by atoms with Crippen molar-refractivity contribution in [3.05, 3.63) is 24.0 Å². The van der Waals surface area contributed by atoms with Gasteiger partial charge in [0.25, 0.3) is 0 Å². The van der Waals surface area contributed by atoms with Gasteiger partial charge >= 0.3 is 6.09 Å². The number of benzene rings is 1. The van der Waals surface area contributed by atoms with E-state index in [-0.39, 0.29) is 11.9 Å². The molecule has 0 aromatic heterocycles. The zero-order valence-corrected chi connectivity index (χ0v) is 13.6. The lowest BCUT2D eigenvalue weighted by atomic mass is 10.2. The smallest absolute Gasteiger partial charge is 0.414 e. The lowest BCUT2D eigenvalue weighted by molar-refractivity contribution is -0.118. The summed E-state index contributed by atoms with van der Waals surface area (Å²) in [5.74, 6) is -0.378. The Morgan fingerprint density at radius 3 is 2.71 bits per heavy atom. The number of rotatable bonds is 5. The molecule has 3 rings (SSSR count). The fourth-order valence-electron chi connectivity index (χ4n) is 3.05. The Labute approximate surface area is 140 Å². The predicted octanol–water partition coefficient (Wildman–Crippen LogP) is 0.649. The van der Waals surface area contributed by atoms with Gasteiger partial charge in [-0.2, -0.15) is 0 Å². The number of nitrogens with zero attached hydrogens (tertiary/aromatic N) is 3. The van der Waals surface area contributed by atoms with Crippen molar-refractivity contribution in [2.45, 2.75) is 6.10 Å². The summed E-state index contributed by atoms with van der Waals surface area (Å²) in [6.07, 6.45) is 0.126. The summed E-state index contributed by atoms with van der Waals surface area (Å²) < 4.78 is 19.8. The van der Waals surface area contributed by atoms with Gasteiger partial charge in [-0.25, -0.2) is 9.18 Å². The molecule has 2 heterocycles. The Kier molecular flexibility index (Phi) is 4.84. The second-order valence-corrected chi connectivity index (χ2v) is 5.94. The van der Waals surface area contributed by atoms with Crippen molar-refractivity contribution in [3.63, 3.8) is 0 Å². The van der Waals surface area contributed by atoms with Crippen LogP contribution in [0.2, 0.25) is 0 Å². The summed E-state index contributed by atoms with van der Waals surface area (Å²) in [6.45, 7) is 3.29. The highest BCUT2D eigenvalue weighted by Gasteiger charge is 2.32. The molecule has 2 aliphatic rings. The van der Waals surface area contributed by atoms with Gasteiger partial charge in [0.05, 0.1) is 17.9 Å². The summed E-state index contributed by atoms with van der Waals surface area (Å²) in [5, 5.41) is 2.96. The maximum Gasteiger partial charge on any atom is 0.414 e. The van der Waals surface area contributed by atoms with E-state index in [1.165, 1.54) is 11.0 Å². The molecular weight excluding hydrogens is 315 g/mol. The van der Waals surface area contributed by atoms with Crippen molar-refractivity contribution < 1.29 is 18.7 Å². The average Bonchev–Trinajstić information content (AvgIpc) is 2.96. The standard InChI is InChI=1S/C16H21FN4O3/c1-18-9-13-10-21(16(23)24-13)12-2-3-15(14(17)8-12)20-6-4-19(11-22)5-7-20/h2-3,8,11,13,18H,4-7,9-10H2,1H3. The minimum atomic E-state index is -0.456. The lowest BCUT2D eigenvalue weighted by Gasteiger charge is -2.34. The summed E-state index contributed by atoms with van der Waals surface area (Å²) >= 11 is 0. The Bertz CT molecular complexity index is 619. The quantitative estimate of drug-likeness (QED) is 0.800. The number of anilines is 2. The van der Waals surface area contributed by atoms with Crippen LogP contribution in [0.5, 0.6) is 0 Å². The van der Waals surface area contributed by atoms with Gasteiger partial charge in [0, 0.05) is 32.7 Å². The summed E-state index contributed by atoms with van der Waals surface area (Å²) in [4.78, 5) is 27.7. The normalized spacial score (nSPS) is 21.2. The maximum atomic E-state index is 14.5. The molecule has 0 saturated carbocycles. The molecule has 130 valence electrons. The van der Waals surface area contributed by atoms with Gasteiger partial charge in [-0.3, -0.25) is 9.69 Å². The third kappa shape index (κ3) is 3.28. The number of likely N-dealkylation sites (N-methyl/N-ethyl adjacent to an activating group) is 1. The molecule has 1 unspecified atom stereocenters. The van der Waals surface area contributed by atoms with Crippen LogP contribution in [0.25, 0.3) is 0 Å². The Morgan fingerprint density at radius 1 is 1.33 bits per heavy atom. The highest BCUT2D eigenvalue weighted by Crippen LogP contribution is 2.28. The molecule has 0 spiro atoms. The molecule has 2 saturated heterocycles. The van der Waals surface area contributed by atoms with Crippen LogP contribution in [0.1, 0.15) is 0 Å². The third-order valence-corrected chi connectivity index (χ3v) is 4.35. The summed E-state index contributed by atoms with van der Waals surface area (Å²) in [6, 6.07) is 4.78. The Morgan fingerprint density at radius 2 is 2.08 bits per heavy atom. The maximum absolute atomic E-state index is 14.5. The highest BCUT2D eigenvalue weighted by atomic mass is 19.1. The number of nitrogens with one attached hydrogen (secondary N) is 1. The fraction of sp³-hybridized carbons (Fsp3) is 0.500. The van der Waals surface area contributed by atoms with Gasteiger partial charge in [-0.15, -0.1) is 0 Å². The first kappa shape index (κ1) is 16.5. The molecule has 7 nitrogen and oxygen atoms in total. The van der Waals surface area contributed by atoms with Crippen LogP contribution in [0.15, 0.2) is 18.2 Å². The van der Waals surface area contributed by atoms with Gasteiger partial charge in [-0.05, 0) is 25.2 Å². The van der Waals surface area contributed by atoms with Crippen LogP contribution in [0, 0.1) is 5.82 Å². The average molecular weight is 336 g/mol. The number of piperazine rings is 1. The van der Waals surface area contributed by atoms with E-state index in [9.17, 15) is 14.0 Å². The number of carbonyl (C=O) groups excluding carboxylic acids is 2. The van der Waals surface area contributed by atoms with Crippen molar-refractivity contribution in [1.82, 2.24) is 10.2 Å². The number of hydrogen-bond donors (Lipinski definition) is 1. The van der Waals surface area contributed by atoms with E-state index in [1.807, 2.05) is 4.90 Å². The molecule has 0 bridgehead atoms. The van der Waals surface area contributed by atoms with Crippen LogP contribution in [0.4, 0.5) is 20.6 Å². The molecule has 1 atom stereocenters. The highest BCUT2D eigenvalue weighted by molar-refractivity contribution is 5.90. The summed E-state index contributed by atoms with van der Waals surface area (Å²) in [7, 11) is 1.79. The first-order valence-electron chi connectivity index (χ1n) is 7.99. The van der Waals surface area contributed by atoms with Crippen molar-refractivity contribution in [2.24, 2.45) is 0 Å². The van der Waals surface area contributed by atoms with Crippen molar-refractivity contribution in [3.8, 4) is 0 Å². The van der Waals surface area contributed by atoms with Crippen LogP contribution >= 0.6 is 0 Å². The predicted molar refractivity (Wildman–Crippen MR) is 87.8 cm³/mol. The first-order valence-corrected chi connectivity index (χ1v) is 7.99. The van der Waals surface area contributed by atoms with Crippen LogP contribution < -0.4 is 15.1 Å². The number of ether oxygens (including phenoxy) is 1. The number of amides is 2. The van der Waals surface area contributed by atoms with Gasteiger partial charge in [0.1, 0.15) is 11.9 Å². The minimum absolute atomic E-state index is 0.235. The molecule has 1 aromatic carbocycles. The number of carbonyl (C=O) groups is 2. The van der Waals surface area contributed by atoms with Gasteiger partial charge in [-0.1, -0.05) is 0 Å². The van der Waals surface area contributed by atoms with Crippen LogP contribution in [0.3, 0.4) is 0 Å². The zero-order chi connectivity index (χ0) is 17.1. The Balaban J connectivity index is 1.71. The van der Waals surface area contributed by atoms with Gasteiger partial charge in [0.15, 0.2) is 0 Å². The van der Waals surface area contributed by atoms with E-state index in [4.69, 9.17) is 4.74 Å². The number of hydrogen-bond acceptors (Lipinski definition) is 5. The van der Waals surface area contributed by atoms with E-state index in [0.717, 1.165) is 6.41 Å². The second-order valence-electron chi connectivity index (χ2n) is 5.94. The second kappa shape index (κ2) is 7.04. The van der Waals surface area contributed by atoms with Crippen molar-refractivity contribution in [1.29, 1.82) is 0 Å². The molecule has 0 aliphatic carbocycles. The largest absolute Gasteiger partial charge is 0.443 e. The molecule has 0 radical (unpaired) electrons. The van der Waals surface area contributed by atoms with Gasteiger partial charge in [0.2, 0.25) is 6.41 Å². The topological polar surface area (TPSA) is 65.1 Å². The SMILES string of the molecule is CNCC1CN(c2ccc(N3CCN(C=O)CC3)c(F)c2)C(=O)O1. The third-order valence-electron chi connectivity index (χ3n) is 4.35. The fourth-order valence-corrected chi connectivity index (χ4v) is 3.05. The van der Waals surface area contributed by atoms with E-state index >= 15 is 0 Å². The van der Waals surface area contributed by atoms with Crippen molar-refractivity contribution >= 4 is 23.9 Å². The van der Waals surface area contributed by atoms with E-state index in [2.05, 4.69) is 5.32 Å². The first-order chi connectivity index (χ1) is 11.6. The molecular formula is C16H21FN4O3. The molecule has 2 amide bonds. The van der Waals surface area contributed by atoms with Crippen molar-refractivity contribution in [2.75, 3.05) is 56.1 Å². The molecule has 2 aliphatic heterocycles. The van der Waals surface area contributed by atoms with Gasteiger partial charge < -0.3 is 19.9 Å². The van der Waals surface area contributed by atoms with E-state index in [1.54, 1.807) is 24.1 Å². The minimum Gasteiger partial charge on any atom is -0.443 e. The monoisotopic (exact) mass is 336 g/mol. The molecule has 24 heavy (non-hydrogen) atoms.